The molecule has 2 N–H and O–H groups in total. The first-order valence-corrected chi connectivity index (χ1v) is 0. The Morgan fingerprint density at radius 1 is 1.00 bits per heavy atom. The molecule has 0 unspecified atom stereocenters. The van der Waals surface area contributed by atoms with Crippen LogP contribution < -0.4 is 0 Å². The molecule has 0 heterocycles. The number of halogens is 1. The van der Waals surface area contributed by atoms with Gasteiger partial charge in [-0.3, -0.25) is 0 Å². The summed E-state index contributed by atoms with van der Waals surface area (Å²) in [5, 5.41) is 0. The Balaban J connectivity index is 0. The van der Waals surface area contributed by atoms with Crippen LogP contribution in [0, 0.1) is 0 Å². The zero-order valence-corrected chi connectivity index (χ0v) is 6.55. The van der Waals surface area contributed by atoms with Gasteiger partial charge in [0.2, 0.25) is 0 Å². The van der Waals surface area contributed by atoms with Gasteiger partial charge in [-0.2, -0.15) is 0 Å². The van der Waals surface area contributed by atoms with E-state index in [1.807, 2.05) is 0 Å². The minimum absolute atomic E-state index is 0. The topological polar surface area (TPSA) is 31.5 Å². The van der Waals surface area contributed by atoms with Crippen molar-refractivity contribution in [1.82, 2.24) is 0 Å². The van der Waals surface area contributed by atoms with Crippen molar-refractivity contribution in [1.29, 1.82) is 0 Å². The molecular weight excluding hydrogens is 225 g/mol. The second-order valence-electron chi connectivity index (χ2n) is 0. The maximum Gasteiger partial charge on any atom is 0 e. The fraction of sp³-hybridized carbons (Fsp3) is 0. The van der Waals surface area contributed by atoms with Gasteiger partial charge in [0.05, 0.1) is 0 Å². The minimum atomic E-state index is 0. The summed E-state index contributed by atoms with van der Waals surface area (Å²) in [5.74, 6) is 0. The van der Waals surface area contributed by atoms with E-state index < -0.39 is 0 Å². The molecule has 0 saturated carbocycles. The third-order valence-corrected chi connectivity index (χ3v) is 0. The molecule has 1 nitrogen and oxygen atoms in total. The zero-order valence-electron chi connectivity index (χ0n) is 1.99. The summed E-state index contributed by atoms with van der Waals surface area (Å²) >= 11 is 0. The minimum Gasteiger partial charge on any atom is -0.412 e. The molecule has 0 aromatic rings. The average Bonchev–Trinajstić information content (AvgIpc) is 0. The van der Waals surface area contributed by atoms with Crippen LogP contribution in [0.25, 0.3) is 0 Å². The van der Waals surface area contributed by atoms with Crippen molar-refractivity contribution in [2.45, 2.75) is 0 Å². The predicted octanol–water partition coefficient (Wildman–Crippen LogP) is -1.01. The van der Waals surface area contributed by atoms with E-state index in [1.165, 1.54) is 0 Å². The molecule has 0 aliphatic heterocycles. The maximum absolute atomic E-state index is 0. The first kappa shape index (κ1) is 57.8. The van der Waals surface area contributed by atoms with Crippen LogP contribution in [-0.4, -0.2) is 37.8 Å². The molecule has 0 aliphatic rings. The Hall–Kier alpha value is 1.30. The Morgan fingerprint density at radius 2 is 1.00 bits per heavy atom. The molecule has 0 saturated heterocycles. The van der Waals surface area contributed by atoms with Gasteiger partial charge in [-0.25, -0.2) is 0 Å². The Morgan fingerprint density at radius 3 is 1.00 bits per heavy atom. The van der Waals surface area contributed by atoms with Crippen molar-refractivity contribution in [2.24, 2.45) is 0 Å². The number of hydrogen-bond donors (Lipinski definition) is 0. The van der Waals surface area contributed by atoms with E-state index in [2.05, 4.69) is 0 Å². The predicted molar refractivity (Wildman–Crippen MR) is 25.4 cm³/mol. The fourth-order valence-corrected chi connectivity index (χ4v) is 0. The SMILES string of the molecule is Br.O.[B].[Sn]. The maximum atomic E-state index is 0. The molecular formula is H3BBrOSn. The second-order valence-corrected chi connectivity index (χ2v) is 0. The summed E-state index contributed by atoms with van der Waals surface area (Å²) in [5.41, 5.74) is 0. The van der Waals surface area contributed by atoms with Gasteiger partial charge < -0.3 is 5.48 Å². The summed E-state index contributed by atoms with van der Waals surface area (Å²) in [6.45, 7) is 0. The molecule has 0 spiro atoms. The van der Waals surface area contributed by atoms with Gasteiger partial charge in [0.25, 0.3) is 0 Å². The van der Waals surface area contributed by atoms with E-state index in [-0.39, 0.29) is 54.8 Å². The molecule has 4 heteroatoms. The molecule has 0 rings (SSSR count). The van der Waals surface area contributed by atoms with E-state index in [4.69, 9.17) is 0 Å². The molecule has 0 aromatic heterocycles. The van der Waals surface area contributed by atoms with Gasteiger partial charge in [-0.05, 0) is 0 Å². The standard InChI is InChI=1S/B.BrH.H2O.Sn/h;1H;1H2;. The normalized spacial score (nSPS) is 0. The monoisotopic (exact) mass is 229 g/mol. The van der Waals surface area contributed by atoms with Crippen molar-refractivity contribution in [3.63, 3.8) is 0 Å². The molecule has 23 valence electrons. The van der Waals surface area contributed by atoms with Crippen molar-refractivity contribution in [3.05, 3.63) is 0 Å². The quantitative estimate of drug-likeness (QED) is 0.476. The first-order valence-electron chi connectivity index (χ1n) is 0. The molecule has 0 bridgehead atoms. The van der Waals surface area contributed by atoms with Crippen LogP contribution in [0.4, 0.5) is 0 Å². The second kappa shape index (κ2) is 27.6. The van der Waals surface area contributed by atoms with Gasteiger partial charge in [-0.15, -0.1) is 17.0 Å². The summed E-state index contributed by atoms with van der Waals surface area (Å²) in [4.78, 5) is 0. The molecule has 0 atom stereocenters. The van der Waals surface area contributed by atoms with Crippen molar-refractivity contribution >= 4 is 49.3 Å². The van der Waals surface area contributed by atoms with Crippen molar-refractivity contribution in [3.8, 4) is 0 Å². The largest absolute Gasteiger partial charge is 0.412 e. The van der Waals surface area contributed by atoms with Gasteiger partial charge in [0, 0.05) is 32.3 Å². The summed E-state index contributed by atoms with van der Waals surface area (Å²) in [7, 11) is 0. The van der Waals surface area contributed by atoms with Gasteiger partial charge in [0.1, 0.15) is 0 Å². The van der Waals surface area contributed by atoms with Crippen molar-refractivity contribution in [2.75, 3.05) is 0 Å². The van der Waals surface area contributed by atoms with Crippen LogP contribution in [0.1, 0.15) is 0 Å². The van der Waals surface area contributed by atoms with Crippen molar-refractivity contribution < 1.29 is 5.48 Å². The third-order valence-electron chi connectivity index (χ3n) is 0. The zero-order chi connectivity index (χ0) is 0. The molecule has 0 fully saturated rings. The van der Waals surface area contributed by atoms with E-state index in [9.17, 15) is 0 Å². The molecule has 0 amide bonds. The smallest absolute Gasteiger partial charge is 0 e. The van der Waals surface area contributed by atoms with Crippen LogP contribution in [0.15, 0.2) is 0 Å². The molecule has 4 heavy (non-hydrogen) atoms. The molecule has 0 aromatic carbocycles. The van der Waals surface area contributed by atoms with Crippen LogP contribution in [0.5, 0.6) is 0 Å². The number of hydrogen-bond acceptors (Lipinski definition) is 0. The summed E-state index contributed by atoms with van der Waals surface area (Å²) < 4.78 is 0. The Bertz CT molecular complexity index is 8.00. The van der Waals surface area contributed by atoms with Gasteiger partial charge >= 0.3 is 0 Å². The van der Waals surface area contributed by atoms with E-state index in [0.717, 1.165) is 0 Å². The fourth-order valence-electron chi connectivity index (χ4n) is 0. The molecule has 0 aliphatic carbocycles. The van der Waals surface area contributed by atoms with Crippen LogP contribution in [-0.2, 0) is 0 Å². The van der Waals surface area contributed by atoms with Gasteiger partial charge in [-0.1, -0.05) is 0 Å². The first-order chi connectivity index (χ1) is 0. The van der Waals surface area contributed by atoms with E-state index in [0.29, 0.717) is 0 Å². The summed E-state index contributed by atoms with van der Waals surface area (Å²) in [6.07, 6.45) is 0. The van der Waals surface area contributed by atoms with E-state index >= 15 is 0 Å². The molecule has 7 radical (unpaired) electrons. The van der Waals surface area contributed by atoms with Gasteiger partial charge in [0.15, 0.2) is 0 Å². The third kappa shape index (κ3) is 10.3. The van der Waals surface area contributed by atoms with E-state index in [1.54, 1.807) is 0 Å². The van der Waals surface area contributed by atoms with Crippen LogP contribution >= 0.6 is 17.0 Å². The number of rotatable bonds is 0. The van der Waals surface area contributed by atoms with Crippen LogP contribution in [0.2, 0.25) is 0 Å². The van der Waals surface area contributed by atoms with Crippen LogP contribution in [0.3, 0.4) is 0 Å². The average molecular weight is 228 g/mol. The summed E-state index contributed by atoms with van der Waals surface area (Å²) in [6, 6.07) is 0. The Labute approximate surface area is 54.8 Å². The Kier molecular flexibility index (Phi) is 399.